The van der Waals surface area contributed by atoms with Gasteiger partial charge in [0.2, 0.25) is 0 Å². The van der Waals surface area contributed by atoms with Crippen molar-refractivity contribution in [3.05, 3.63) is 84.9 Å². The Morgan fingerprint density at radius 2 is 0.967 bits per heavy atom. The Labute approximate surface area is 186 Å². The van der Waals surface area contributed by atoms with Gasteiger partial charge in [0.25, 0.3) is 0 Å². The average Bonchev–Trinajstić information content (AvgIpc) is 2.80. The lowest BCUT2D eigenvalue weighted by Gasteiger charge is -2.26. The highest BCUT2D eigenvalue weighted by atomic mass is 32.2. The molecule has 2 aliphatic heterocycles. The Morgan fingerprint density at radius 3 is 1.47 bits per heavy atom. The smallest absolute Gasteiger partial charge is 0.183 e. The van der Waals surface area contributed by atoms with Crippen molar-refractivity contribution in [3.63, 3.8) is 0 Å². The molecule has 0 bridgehead atoms. The van der Waals surface area contributed by atoms with E-state index in [0.29, 0.717) is 0 Å². The normalized spacial score (nSPS) is 13.4. The van der Waals surface area contributed by atoms with Crippen LogP contribution in [0, 0.1) is 0 Å². The van der Waals surface area contributed by atoms with E-state index in [2.05, 4.69) is 47.0 Å². The summed E-state index contributed by atoms with van der Waals surface area (Å²) in [5.41, 5.74) is 3.97. The van der Waals surface area contributed by atoms with Crippen molar-refractivity contribution in [1.82, 2.24) is 0 Å². The number of para-hydroxylation sites is 4. The Balaban J connectivity index is 1.42. The quantitative estimate of drug-likeness (QED) is 0.275. The molecule has 0 fully saturated rings. The minimum absolute atomic E-state index is 0.800. The van der Waals surface area contributed by atoms with Gasteiger partial charge >= 0.3 is 0 Å². The third-order valence-electron chi connectivity index (χ3n) is 5.11. The molecule has 0 unspecified atom stereocenters. The van der Waals surface area contributed by atoms with Gasteiger partial charge in [0, 0.05) is 30.8 Å². The van der Waals surface area contributed by atoms with Crippen LogP contribution in [0.25, 0.3) is 0 Å². The van der Waals surface area contributed by atoms with Gasteiger partial charge in [-0.3, -0.25) is 0 Å². The van der Waals surface area contributed by atoms with Crippen LogP contribution in [0.3, 0.4) is 0 Å². The summed E-state index contributed by atoms with van der Waals surface area (Å²) >= 11 is 2.09. The Morgan fingerprint density at radius 1 is 0.533 bits per heavy atom. The molecule has 6 rings (SSSR count). The summed E-state index contributed by atoms with van der Waals surface area (Å²) < 4.78 is 13.8. The van der Waals surface area contributed by atoms with Crippen LogP contribution >= 0.6 is 23.5 Å². The molecular weight excluding hydrogens is 428 g/mol. The van der Waals surface area contributed by atoms with E-state index >= 15 is 0 Å². The standard InChI is InChI=1S/C24H16N2OS3/c27-30(21-13-5-11-19-23(21)25-15-7-1-3-9-17(15)28-19)22-14-6-12-20-24(22)26-16-8-2-4-10-18(16)29-20/h1-14,25-26H. The molecule has 0 aromatic heterocycles. The number of hydrogen-bond acceptors (Lipinski definition) is 5. The van der Waals surface area contributed by atoms with Crippen molar-refractivity contribution in [2.75, 3.05) is 10.6 Å². The number of fused-ring (bicyclic) bond motifs is 4. The van der Waals surface area contributed by atoms with Crippen molar-refractivity contribution in [2.24, 2.45) is 0 Å². The Bertz CT molecular complexity index is 1190. The first-order chi connectivity index (χ1) is 14.8. The largest absolute Gasteiger partial charge is 0.606 e. The van der Waals surface area contributed by atoms with E-state index < -0.39 is 11.2 Å². The molecule has 0 atom stereocenters. The zero-order chi connectivity index (χ0) is 20.1. The van der Waals surface area contributed by atoms with Gasteiger partial charge in [-0.05, 0) is 48.5 Å². The lowest BCUT2D eigenvalue weighted by atomic mass is 10.2. The minimum atomic E-state index is -1.33. The van der Waals surface area contributed by atoms with Gasteiger partial charge in [-0.25, -0.2) is 0 Å². The first-order valence-electron chi connectivity index (χ1n) is 9.53. The van der Waals surface area contributed by atoms with Crippen molar-refractivity contribution >= 4 is 57.4 Å². The van der Waals surface area contributed by atoms with Gasteiger partial charge in [0.1, 0.15) is 11.4 Å². The molecule has 30 heavy (non-hydrogen) atoms. The van der Waals surface area contributed by atoms with Crippen LogP contribution in [0.5, 0.6) is 0 Å². The van der Waals surface area contributed by atoms with Crippen molar-refractivity contribution in [3.8, 4) is 0 Å². The monoisotopic (exact) mass is 444 g/mol. The number of benzene rings is 4. The van der Waals surface area contributed by atoms with Crippen LogP contribution in [0.1, 0.15) is 0 Å². The lowest BCUT2D eigenvalue weighted by Crippen LogP contribution is -2.12. The van der Waals surface area contributed by atoms with E-state index in [4.69, 9.17) is 0 Å². The summed E-state index contributed by atoms with van der Waals surface area (Å²) in [6, 6.07) is 28.5. The SMILES string of the molecule is [O-][S+](c1cccc2c1Nc1ccccc1S2)c1cccc2c1Nc1ccccc1S2. The van der Waals surface area contributed by atoms with Crippen LogP contribution in [0.2, 0.25) is 0 Å². The predicted molar refractivity (Wildman–Crippen MR) is 125 cm³/mol. The second-order valence-corrected chi connectivity index (χ2v) is 10.6. The van der Waals surface area contributed by atoms with Crippen LogP contribution in [-0.4, -0.2) is 4.55 Å². The molecule has 2 heterocycles. The molecule has 2 aliphatic rings. The van der Waals surface area contributed by atoms with Crippen molar-refractivity contribution in [1.29, 1.82) is 0 Å². The lowest BCUT2D eigenvalue weighted by molar-refractivity contribution is 0.595. The molecule has 0 saturated heterocycles. The summed E-state index contributed by atoms with van der Waals surface area (Å²) in [5, 5.41) is 7.03. The van der Waals surface area contributed by atoms with E-state index in [-0.39, 0.29) is 0 Å². The van der Waals surface area contributed by atoms with Gasteiger partial charge < -0.3 is 15.2 Å². The van der Waals surface area contributed by atoms with Gasteiger partial charge in [0.15, 0.2) is 9.79 Å². The second-order valence-electron chi connectivity index (χ2n) is 6.97. The highest BCUT2D eigenvalue weighted by Crippen LogP contribution is 2.50. The van der Waals surface area contributed by atoms with Gasteiger partial charge in [-0.2, -0.15) is 0 Å². The van der Waals surface area contributed by atoms with Crippen LogP contribution < -0.4 is 10.6 Å². The summed E-state index contributed by atoms with van der Waals surface area (Å²) in [4.78, 5) is 6.15. The van der Waals surface area contributed by atoms with E-state index in [1.807, 2.05) is 48.5 Å². The zero-order valence-corrected chi connectivity index (χ0v) is 18.2. The molecule has 6 heteroatoms. The van der Waals surface area contributed by atoms with Gasteiger partial charge in [-0.15, -0.1) is 0 Å². The van der Waals surface area contributed by atoms with Crippen molar-refractivity contribution in [2.45, 2.75) is 29.4 Å². The highest BCUT2D eigenvalue weighted by Gasteiger charge is 2.30. The predicted octanol–water partition coefficient (Wildman–Crippen LogP) is 7.27. The highest BCUT2D eigenvalue weighted by molar-refractivity contribution is 8.00. The summed E-state index contributed by atoms with van der Waals surface area (Å²) in [7, 11) is 0. The third kappa shape index (κ3) is 2.99. The zero-order valence-electron chi connectivity index (χ0n) is 15.7. The molecule has 0 spiro atoms. The Hall–Kier alpha value is -2.51. The van der Waals surface area contributed by atoms with Crippen LogP contribution in [0.4, 0.5) is 22.7 Å². The fourth-order valence-corrected chi connectivity index (χ4v) is 7.20. The molecule has 0 aliphatic carbocycles. The molecule has 3 nitrogen and oxygen atoms in total. The molecule has 4 aromatic rings. The maximum Gasteiger partial charge on any atom is 0.183 e. The van der Waals surface area contributed by atoms with E-state index in [0.717, 1.165) is 42.3 Å². The number of nitrogens with one attached hydrogen (secondary N) is 2. The van der Waals surface area contributed by atoms with Gasteiger partial charge in [0.05, 0.1) is 11.4 Å². The number of hydrogen-bond donors (Lipinski definition) is 2. The fraction of sp³-hybridized carbons (Fsp3) is 0. The first-order valence-corrected chi connectivity index (χ1v) is 12.3. The van der Waals surface area contributed by atoms with E-state index in [1.165, 1.54) is 9.79 Å². The number of anilines is 4. The molecular formula is C24H16N2OS3. The molecule has 4 aromatic carbocycles. The fourth-order valence-electron chi connectivity index (χ4n) is 3.69. The molecule has 146 valence electrons. The Kier molecular flexibility index (Phi) is 4.46. The summed E-state index contributed by atoms with van der Waals surface area (Å²) in [5.74, 6) is 0. The average molecular weight is 445 g/mol. The van der Waals surface area contributed by atoms with E-state index in [1.54, 1.807) is 23.5 Å². The van der Waals surface area contributed by atoms with Crippen LogP contribution in [0.15, 0.2) is 114 Å². The molecule has 0 amide bonds. The first kappa shape index (κ1) is 18.3. The maximum absolute atomic E-state index is 13.8. The van der Waals surface area contributed by atoms with Crippen LogP contribution in [-0.2, 0) is 11.2 Å². The molecule has 0 radical (unpaired) electrons. The number of rotatable bonds is 2. The van der Waals surface area contributed by atoms with E-state index in [9.17, 15) is 4.55 Å². The topological polar surface area (TPSA) is 47.1 Å². The summed E-state index contributed by atoms with van der Waals surface area (Å²) in [6.07, 6.45) is 0. The van der Waals surface area contributed by atoms with Gasteiger partial charge in [-0.1, -0.05) is 59.9 Å². The minimum Gasteiger partial charge on any atom is -0.606 e. The summed E-state index contributed by atoms with van der Waals surface area (Å²) in [6.45, 7) is 0. The molecule has 0 saturated carbocycles. The second kappa shape index (κ2) is 7.32. The third-order valence-corrected chi connectivity index (χ3v) is 8.86. The molecule has 2 N–H and O–H groups in total. The van der Waals surface area contributed by atoms with Crippen molar-refractivity contribution < 1.29 is 4.55 Å². The maximum atomic E-state index is 13.8.